The summed E-state index contributed by atoms with van der Waals surface area (Å²) in [6, 6.07) is 6.60. The molecule has 0 saturated carbocycles. The van der Waals surface area contributed by atoms with Gasteiger partial charge < -0.3 is 15.3 Å². The Morgan fingerprint density at radius 2 is 2.06 bits per heavy atom. The van der Waals surface area contributed by atoms with Crippen LogP contribution in [-0.2, 0) is 16.1 Å². The van der Waals surface area contributed by atoms with Crippen LogP contribution in [0.4, 0.5) is 10.5 Å². The molecule has 1 atom stereocenters. The minimum Gasteiger partial charge on any atom is -0.507 e. The molecule has 5 amide bonds. The van der Waals surface area contributed by atoms with Crippen molar-refractivity contribution in [2.75, 3.05) is 5.32 Å². The maximum atomic E-state index is 12.7. The summed E-state index contributed by atoms with van der Waals surface area (Å²) in [5, 5.41) is 16.0. The molecule has 0 spiro atoms. The molecule has 0 aliphatic carbocycles. The van der Waals surface area contributed by atoms with E-state index in [1.165, 1.54) is 23.2 Å². The van der Waals surface area contributed by atoms with Crippen LogP contribution in [0.5, 0.6) is 5.75 Å². The van der Waals surface area contributed by atoms with Crippen LogP contribution in [0.15, 0.2) is 35.3 Å². The number of aliphatic imine (C=N–C) groups is 1. The van der Waals surface area contributed by atoms with Gasteiger partial charge in [0.1, 0.15) is 11.8 Å². The highest BCUT2D eigenvalue weighted by Crippen LogP contribution is 2.34. The van der Waals surface area contributed by atoms with Crippen molar-refractivity contribution in [3.63, 3.8) is 0 Å². The van der Waals surface area contributed by atoms with Crippen molar-refractivity contribution >= 4 is 47.3 Å². The normalized spacial score (nSPS) is 18.1. The first kappa shape index (κ1) is 21.5. The summed E-state index contributed by atoms with van der Waals surface area (Å²) in [5.41, 5.74) is 2.21. The van der Waals surface area contributed by atoms with Gasteiger partial charge in [0.2, 0.25) is 11.8 Å². The van der Waals surface area contributed by atoms with Crippen LogP contribution in [0.1, 0.15) is 39.9 Å². The number of rotatable bonds is 3. The van der Waals surface area contributed by atoms with Gasteiger partial charge in [-0.3, -0.25) is 19.7 Å². The molecule has 3 N–H and O–H groups in total. The van der Waals surface area contributed by atoms with Gasteiger partial charge in [-0.15, -0.1) is 0 Å². The third kappa shape index (κ3) is 4.06. The van der Waals surface area contributed by atoms with E-state index < -0.39 is 23.9 Å². The van der Waals surface area contributed by atoms with E-state index in [9.17, 15) is 24.3 Å². The second-order valence-corrected chi connectivity index (χ2v) is 7.99. The number of benzene rings is 2. The number of hydrogen-bond acceptors (Lipinski definition) is 5. The zero-order valence-electron chi connectivity index (χ0n) is 17.0. The molecule has 2 aliphatic rings. The number of aromatic hydroxyl groups is 1. The molecule has 0 bridgehead atoms. The Hall–Kier alpha value is -3.72. The number of imide groups is 1. The number of halogens is 1. The van der Waals surface area contributed by atoms with E-state index in [0.29, 0.717) is 16.3 Å². The number of nitrogens with zero attached hydrogens (tertiary/aromatic N) is 2. The number of amides is 5. The molecule has 2 aliphatic heterocycles. The molecule has 10 heteroatoms. The Bertz CT molecular complexity index is 1190. The van der Waals surface area contributed by atoms with Crippen molar-refractivity contribution in [1.29, 1.82) is 0 Å². The minimum absolute atomic E-state index is 0.0159. The van der Waals surface area contributed by atoms with Crippen LogP contribution in [0, 0.1) is 6.92 Å². The molecule has 1 saturated heterocycles. The predicted octanol–water partition coefficient (Wildman–Crippen LogP) is 2.77. The van der Waals surface area contributed by atoms with Crippen LogP contribution < -0.4 is 10.6 Å². The number of phenols is 1. The number of nitrogens with one attached hydrogen (secondary N) is 2. The molecular weight excluding hydrogens is 436 g/mol. The van der Waals surface area contributed by atoms with E-state index in [1.807, 2.05) is 6.92 Å². The maximum absolute atomic E-state index is 12.7. The van der Waals surface area contributed by atoms with E-state index in [0.717, 1.165) is 5.56 Å². The van der Waals surface area contributed by atoms with E-state index >= 15 is 0 Å². The molecule has 32 heavy (non-hydrogen) atoms. The molecule has 9 nitrogen and oxygen atoms in total. The quantitative estimate of drug-likeness (QED) is 0.485. The molecule has 2 aromatic rings. The Balaban J connectivity index is 1.49. The smallest absolute Gasteiger partial charge is 0.345 e. The summed E-state index contributed by atoms with van der Waals surface area (Å²) in [6.45, 7) is 1.86. The molecule has 0 radical (unpaired) electrons. The van der Waals surface area contributed by atoms with E-state index in [4.69, 9.17) is 11.6 Å². The average Bonchev–Trinajstić information content (AvgIpc) is 3.07. The standard InChI is InChI=1S/C22H19ClN4O5/c1-11-2-4-13(8-16(11)23)25-22(32)24-9-12-3-5-14-15(19(12)29)10-27(21(14)31)17-6-7-18(28)26-20(17)30/h2-5,8-9,17,29H,6-7,10H2,1H3,(H,25,32)(H,26,28,30)/b24-9+. The fourth-order valence-corrected chi connectivity index (χ4v) is 3.88. The second kappa shape index (κ2) is 8.43. The SMILES string of the molecule is Cc1ccc(NC(=O)/N=C/c2ccc3c(c2O)CN(C2CCC(=O)NC2=O)C3=O)cc1Cl. The summed E-state index contributed by atoms with van der Waals surface area (Å²) < 4.78 is 0. The number of phenolic OH excluding ortho intramolecular Hbond substituents is 1. The number of aryl methyl sites for hydroxylation is 1. The number of carbonyl (C=O) groups excluding carboxylic acids is 4. The highest BCUT2D eigenvalue weighted by molar-refractivity contribution is 6.31. The zero-order chi connectivity index (χ0) is 23.0. The van der Waals surface area contributed by atoms with Crippen LogP contribution in [-0.4, -0.2) is 46.0 Å². The molecule has 164 valence electrons. The second-order valence-electron chi connectivity index (χ2n) is 7.58. The molecule has 0 aromatic heterocycles. The average molecular weight is 455 g/mol. The number of carbonyl (C=O) groups is 4. The van der Waals surface area contributed by atoms with Gasteiger partial charge in [-0.05, 0) is 43.2 Å². The van der Waals surface area contributed by atoms with Crippen molar-refractivity contribution in [3.8, 4) is 5.75 Å². The van der Waals surface area contributed by atoms with Crippen LogP contribution in [0.3, 0.4) is 0 Å². The first-order chi connectivity index (χ1) is 15.2. The summed E-state index contributed by atoms with van der Waals surface area (Å²) in [6.07, 6.45) is 1.56. The number of fused-ring (bicyclic) bond motifs is 1. The lowest BCUT2D eigenvalue weighted by molar-refractivity contribution is -0.136. The van der Waals surface area contributed by atoms with E-state index in [-0.39, 0.29) is 42.2 Å². The molecule has 1 unspecified atom stereocenters. The lowest BCUT2D eigenvalue weighted by Crippen LogP contribution is -2.52. The van der Waals surface area contributed by atoms with Crippen molar-refractivity contribution in [2.45, 2.75) is 32.4 Å². The number of urea groups is 1. The van der Waals surface area contributed by atoms with Crippen LogP contribution in [0.25, 0.3) is 0 Å². The summed E-state index contributed by atoms with van der Waals surface area (Å²) in [4.78, 5) is 53.5. The lowest BCUT2D eigenvalue weighted by atomic mass is 10.0. The fourth-order valence-electron chi connectivity index (χ4n) is 3.70. The Morgan fingerprint density at radius 3 is 2.78 bits per heavy atom. The first-order valence-corrected chi connectivity index (χ1v) is 10.2. The third-order valence-corrected chi connectivity index (χ3v) is 5.87. The van der Waals surface area contributed by atoms with Gasteiger partial charge >= 0.3 is 6.03 Å². The monoisotopic (exact) mass is 454 g/mol. The summed E-state index contributed by atoms with van der Waals surface area (Å²) >= 11 is 6.05. The van der Waals surface area contributed by atoms with Gasteiger partial charge in [-0.1, -0.05) is 17.7 Å². The fraction of sp³-hybridized carbons (Fsp3) is 0.227. The van der Waals surface area contributed by atoms with Gasteiger partial charge in [0.25, 0.3) is 5.91 Å². The first-order valence-electron chi connectivity index (χ1n) is 9.85. The molecule has 2 aromatic carbocycles. The maximum Gasteiger partial charge on any atom is 0.345 e. The lowest BCUT2D eigenvalue weighted by Gasteiger charge is -2.29. The van der Waals surface area contributed by atoms with Crippen molar-refractivity contribution in [3.05, 3.63) is 57.6 Å². The summed E-state index contributed by atoms with van der Waals surface area (Å²) in [7, 11) is 0. The minimum atomic E-state index is -0.781. The van der Waals surface area contributed by atoms with E-state index in [2.05, 4.69) is 15.6 Å². The topological polar surface area (TPSA) is 128 Å². The number of piperidine rings is 1. The van der Waals surface area contributed by atoms with Crippen molar-refractivity contribution in [2.24, 2.45) is 4.99 Å². The van der Waals surface area contributed by atoms with Gasteiger partial charge in [0.15, 0.2) is 0 Å². The van der Waals surface area contributed by atoms with Gasteiger partial charge in [-0.2, -0.15) is 0 Å². The highest BCUT2D eigenvalue weighted by Gasteiger charge is 2.40. The molecule has 2 heterocycles. The third-order valence-electron chi connectivity index (χ3n) is 5.46. The van der Waals surface area contributed by atoms with Crippen LogP contribution in [0.2, 0.25) is 5.02 Å². The Kier molecular flexibility index (Phi) is 5.67. The number of hydrogen-bond donors (Lipinski definition) is 3. The van der Waals surface area contributed by atoms with Crippen LogP contribution >= 0.6 is 11.6 Å². The summed E-state index contributed by atoms with van der Waals surface area (Å²) in [5.74, 6) is -1.50. The Labute approximate surface area is 188 Å². The molecular formula is C22H19ClN4O5. The molecule has 4 rings (SSSR count). The van der Waals surface area contributed by atoms with E-state index in [1.54, 1.807) is 18.2 Å². The number of anilines is 1. The van der Waals surface area contributed by atoms with Crippen molar-refractivity contribution in [1.82, 2.24) is 10.2 Å². The predicted molar refractivity (Wildman–Crippen MR) is 117 cm³/mol. The van der Waals surface area contributed by atoms with Gasteiger partial charge in [0, 0.05) is 40.0 Å². The van der Waals surface area contributed by atoms with Crippen molar-refractivity contribution < 1.29 is 24.3 Å². The largest absolute Gasteiger partial charge is 0.507 e. The highest BCUT2D eigenvalue weighted by atomic mass is 35.5. The van der Waals surface area contributed by atoms with Gasteiger partial charge in [0.05, 0.1) is 6.54 Å². The zero-order valence-corrected chi connectivity index (χ0v) is 17.8. The van der Waals surface area contributed by atoms with Gasteiger partial charge in [-0.25, -0.2) is 9.79 Å². The molecule has 1 fully saturated rings. The Morgan fingerprint density at radius 1 is 1.28 bits per heavy atom.